The second-order valence-electron chi connectivity index (χ2n) is 7.68. The van der Waals surface area contributed by atoms with Gasteiger partial charge in [-0.05, 0) is 37.5 Å². The molecule has 2 amide bonds. The van der Waals surface area contributed by atoms with Crippen molar-refractivity contribution in [3.05, 3.63) is 35.5 Å². The normalized spacial score (nSPS) is 26.4. The average Bonchev–Trinajstić information content (AvgIpc) is 3.18. The summed E-state index contributed by atoms with van der Waals surface area (Å²) in [6.07, 6.45) is 3.26. The molecule has 1 spiro atoms. The lowest BCUT2D eigenvalue weighted by Gasteiger charge is -2.47. The molecule has 2 fully saturated rings. The molecule has 3 heterocycles. The Morgan fingerprint density at radius 2 is 2.15 bits per heavy atom. The SMILES string of the molecule is NC1COCC1NC(=O)c1ccc2cc3n(c2c1)C1(CCC1)CNC3=O. The van der Waals surface area contributed by atoms with Gasteiger partial charge in [0.1, 0.15) is 5.69 Å². The van der Waals surface area contributed by atoms with Crippen molar-refractivity contribution in [2.45, 2.75) is 36.9 Å². The summed E-state index contributed by atoms with van der Waals surface area (Å²) in [5.41, 5.74) is 8.14. The van der Waals surface area contributed by atoms with E-state index in [9.17, 15) is 9.59 Å². The highest BCUT2D eigenvalue weighted by molar-refractivity contribution is 6.03. The molecule has 1 saturated heterocycles. The van der Waals surface area contributed by atoms with E-state index >= 15 is 0 Å². The summed E-state index contributed by atoms with van der Waals surface area (Å²) in [4.78, 5) is 25.0. The van der Waals surface area contributed by atoms with Crippen LogP contribution in [0.15, 0.2) is 24.3 Å². The van der Waals surface area contributed by atoms with Crippen LogP contribution in [-0.2, 0) is 10.3 Å². The number of carbonyl (C=O) groups is 2. The fourth-order valence-corrected chi connectivity index (χ4v) is 4.39. The Morgan fingerprint density at radius 1 is 1.31 bits per heavy atom. The molecule has 1 aromatic carbocycles. The van der Waals surface area contributed by atoms with Gasteiger partial charge in [-0.1, -0.05) is 6.07 Å². The van der Waals surface area contributed by atoms with E-state index in [1.165, 1.54) is 0 Å². The van der Waals surface area contributed by atoms with Gasteiger partial charge < -0.3 is 25.7 Å². The molecular formula is C19H22N4O3. The molecule has 2 unspecified atom stereocenters. The number of carbonyl (C=O) groups excluding carboxylic acids is 2. The fraction of sp³-hybridized carbons (Fsp3) is 0.474. The van der Waals surface area contributed by atoms with Crippen LogP contribution in [-0.4, -0.2) is 48.2 Å². The van der Waals surface area contributed by atoms with Crippen molar-refractivity contribution in [1.82, 2.24) is 15.2 Å². The molecule has 0 bridgehead atoms. The molecule has 3 aliphatic rings. The van der Waals surface area contributed by atoms with Crippen molar-refractivity contribution in [2.24, 2.45) is 5.73 Å². The zero-order valence-corrected chi connectivity index (χ0v) is 14.5. The standard InChI is InChI=1S/C19H22N4O3/c20-13-8-26-9-14(13)22-17(24)12-3-2-11-6-16-18(25)21-10-19(4-1-5-19)23(16)15(11)7-12/h2-3,6-7,13-14H,1,4-5,8-10,20H2,(H,21,25)(H,22,24). The highest BCUT2D eigenvalue weighted by atomic mass is 16.5. The first-order valence-corrected chi connectivity index (χ1v) is 9.16. The maximum Gasteiger partial charge on any atom is 0.268 e. The Hall–Kier alpha value is -2.38. The molecule has 5 rings (SSSR count). The number of nitrogens with two attached hydrogens (primary N) is 1. The number of nitrogens with zero attached hydrogens (tertiary/aromatic N) is 1. The number of amides is 2. The molecule has 1 aromatic heterocycles. The van der Waals surface area contributed by atoms with Gasteiger partial charge in [-0.15, -0.1) is 0 Å². The third kappa shape index (κ3) is 2.20. The van der Waals surface area contributed by atoms with Crippen molar-refractivity contribution in [1.29, 1.82) is 0 Å². The van der Waals surface area contributed by atoms with Crippen molar-refractivity contribution < 1.29 is 14.3 Å². The molecule has 2 aliphatic heterocycles. The second-order valence-corrected chi connectivity index (χ2v) is 7.68. The van der Waals surface area contributed by atoms with E-state index in [1.807, 2.05) is 18.2 Å². The van der Waals surface area contributed by atoms with Crippen molar-refractivity contribution in [3.8, 4) is 0 Å². The fourth-order valence-electron chi connectivity index (χ4n) is 4.39. The minimum Gasteiger partial charge on any atom is -0.378 e. The summed E-state index contributed by atoms with van der Waals surface area (Å²) in [5, 5.41) is 6.96. The highest BCUT2D eigenvalue weighted by Gasteiger charge is 2.44. The number of fused-ring (bicyclic) bond motifs is 4. The first-order valence-electron chi connectivity index (χ1n) is 9.16. The monoisotopic (exact) mass is 354 g/mol. The van der Waals surface area contributed by atoms with Gasteiger partial charge in [0.2, 0.25) is 0 Å². The Balaban J connectivity index is 1.54. The van der Waals surface area contributed by atoms with Crippen LogP contribution in [0.3, 0.4) is 0 Å². The number of nitrogens with one attached hydrogen (secondary N) is 2. The molecule has 2 atom stereocenters. The van der Waals surface area contributed by atoms with Crippen LogP contribution < -0.4 is 16.4 Å². The number of ether oxygens (including phenoxy) is 1. The predicted octanol–water partition coefficient (Wildman–Crippen LogP) is 0.720. The third-order valence-corrected chi connectivity index (χ3v) is 6.08. The number of hydrogen-bond acceptors (Lipinski definition) is 4. The van der Waals surface area contributed by atoms with Gasteiger partial charge >= 0.3 is 0 Å². The van der Waals surface area contributed by atoms with E-state index in [0.717, 1.165) is 30.2 Å². The Bertz CT molecular complexity index is 915. The van der Waals surface area contributed by atoms with Crippen molar-refractivity contribution in [2.75, 3.05) is 19.8 Å². The van der Waals surface area contributed by atoms with E-state index in [0.29, 0.717) is 31.0 Å². The van der Waals surface area contributed by atoms with Crippen LogP contribution in [0.25, 0.3) is 10.9 Å². The summed E-state index contributed by atoms with van der Waals surface area (Å²) in [5.74, 6) is -0.199. The molecule has 7 nitrogen and oxygen atoms in total. The molecule has 136 valence electrons. The summed E-state index contributed by atoms with van der Waals surface area (Å²) in [6, 6.07) is 7.20. The van der Waals surface area contributed by atoms with Crippen LogP contribution >= 0.6 is 0 Å². The van der Waals surface area contributed by atoms with Gasteiger partial charge in [-0.2, -0.15) is 0 Å². The Morgan fingerprint density at radius 3 is 2.85 bits per heavy atom. The van der Waals surface area contributed by atoms with Gasteiger partial charge in [0.25, 0.3) is 11.8 Å². The largest absolute Gasteiger partial charge is 0.378 e. The molecule has 26 heavy (non-hydrogen) atoms. The topological polar surface area (TPSA) is 98.4 Å². The minimum atomic E-state index is -0.175. The van der Waals surface area contributed by atoms with E-state index in [1.54, 1.807) is 6.07 Å². The first kappa shape index (κ1) is 15.8. The van der Waals surface area contributed by atoms with Crippen LogP contribution in [0.1, 0.15) is 40.1 Å². The van der Waals surface area contributed by atoms with Gasteiger partial charge in [0.15, 0.2) is 0 Å². The molecule has 7 heteroatoms. The molecular weight excluding hydrogens is 332 g/mol. The number of hydrogen-bond donors (Lipinski definition) is 3. The van der Waals surface area contributed by atoms with E-state index < -0.39 is 0 Å². The van der Waals surface area contributed by atoms with Crippen molar-refractivity contribution >= 4 is 22.7 Å². The van der Waals surface area contributed by atoms with Crippen LogP contribution in [0, 0.1) is 0 Å². The van der Waals surface area contributed by atoms with Crippen LogP contribution in [0.2, 0.25) is 0 Å². The lowest BCUT2D eigenvalue weighted by molar-refractivity contribution is 0.0763. The number of benzene rings is 1. The summed E-state index contributed by atoms with van der Waals surface area (Å²) in [7, 11) is 0. The van der Waals surface area contributed by atoms with E-state index in [-0.39, 0.29) is 29.4 Å². The van der Waals surface area contributed by atoms with E-state index in [4.69, 9.17) is 10.5 Å². The lowest BCUT2D eigenvalue weighted by atomic mass is 9.75. The van der Waals surface area contributed by atoms with E-state index in [2.05, 4.69) is 15.2 Å². The molecule has 2 aromatic rings. The summed E-state index contributed by atoms with van der Waals surface area (Å²) < 4.78 is 7.47. The van der Waals surface area contributed by atoms with Gasteiger partial charge in [-0.25, -0.2) is 0 Å². The quantitative estimate of drug-likeness (QED) is 0.740. The van der Waals surface area contributed by atoms with Crippen LogP contribution in [0.4, 0.5) is 0 Å². The zero-order chi connectivity index (χ0) is 17.9. The Kier molecular flexibility index (Phi) is 3.39. The van der Waals surface area contributed by atoms with Crippen LogP contribution in [0.5, 0.6) is 0 Å². The Labute approximate surface area is 150 Å². The third-order valence-electron chi connectivity index (χ3n) is 6.08. The highest BCUT2D eigenvalue weighted by Crippen LogP contribution is 2.44. The number of rotatable bonds is 2. The smallest absolute Gasteiger partial charge is 0.268 e. The minimum absolute atomic E-state index is 0.0399. The lowest BCUT2D eigenvalue weighted by Crippen LogP contribution is -2.55. The molecule has 4 N–H and O–H groups in total. The molecule has 0 radical (unpaired) electrons. The maximum atomic E-state index is 12.7. The van der Waals surface area contributed by atoms with Gasteiger partial charge in [-0.3, -0.25) is 9.59 Å². The van der Waals surface area contributed by atoms with Gasteiger partial charge in [0, 0.05) is 17.5 Å². The summed E-state index contributed by atoms with van der Waals surface area (Å²) >= 11 is 0. The second kappa shape index (κ2) is 5.56. The summed E-state index contributed by atoms with van der Waals surface area (Å²) in [6.45, 7) is 1.57. The predicted molar refractivity (Wildman–Crippen MR) is 96.1 cm³/mol. The molecule has 1 saturated carbocycles. The number of aromatic nitrogens is 1. The van der Waals surface area contributed by atoms with Crippen molar-refractivity contribution in [3.63, 3.8) is 0 Å². The molecule has 1 aliphatic carbocycles. The van der Waals surface area contributed by atoms with Gasteiger partial charge in [0.05, 0.1) is 36.4 Å². The maximum absolute atomic E-state index is 12.7. The average molecular weight is 354 g/mol. The zero-order valence-electron chi connectivity index (χ0n) is 14.5. The first-order chi connectivity index (χ1) is 12.6.